The molecular formula is C22H30N2O4. The van der Waals surface area contributed by atoms with E-state index in [0.29, 0.717) is 17.7 Å². The Kier molecular flexibility index (Phi) is 4.12. The van der Waals surface area contributed by atoms with Crippen molar-refractivity contribution in [2.75, 3.05) is 20.2 Å². The van der Waals surface area contributed by atoms with E-state index >= 15 is 0 Å². The maximum Gasteiger partial charge on any atom is 0.307 e. The minimum atomic E-state index is -0.285. The molecule has 152 valence electrons. The van der Waals surface area contributed by atoms with E-state index in [-0.39, 0.29) is 20.8 Å². The van der Waals surface area contributed by atoms with Gasteiger partial charge < -0.3 is 19.2 Å². The molecule has 0 amide bonds. The number of aromatic nitrogens is 1. The highest BCUT2D eigenvalue weighted by Gasteiger charge is 2.46. The van der Waals surface area contributed by atoms with Crippen molar-refractivity contribution in [3.63, 3.8) is 0 Å². The summed E-state index contributed by atoms with van der Waals surface area (Å²) in [6.07, 6.45) is 3.74. The fourth-order valence-corrected chi connectivity index (χ4v) is 5.26. The molecular weight excluding hydrogens is 356 g/mol. The molecule has 4 atom stereocenters. The lowest BCUT2D eigenvalue weighted by Crippen LogP contribution is -2.51. The number of H-pyrrole nitrogens is 1. The summed E-state index contributed by atoms with van der Waals surface area (Å²) in [7, 11) is 1.70. The van der Waals surface area contributed by atoms with Crippen LogP contribution in [0.25, 0.3) is 10.9 Å². The number of hydrogen-bond acceptors (Lipinski definition) is 5. The maximum atomic E-state index is 11.6. The minimum absolute atomic E-state index is 0. The fraction of sp³-hybridized carbons (Fsp3) is 0.500. The molecule has 3 aliphatic heterocycles. The van der Waals surface area contributed by atoms with Crippen LogP contribution in [-0.4, -0.2) is 42.2 Å². The Bertz CT molecular complexity index is 973. The molecule has 0 aliphatic carbocycles. The Balaban J connectivity index is 0.00000128. The van der Waals surface area contributed by atoms with Crippen molar-refractivity contribution in [3.8, 4) is 5.75 Å². The van der Waals surface area contributed by atoms with Crippen molar-refractivity contribution in [1.29, 1.82) is 0 Å². The molecule has 2 unspecified atom stereocenters. The predicted octanol–water partition coefficient (Wildman–Crippen LogP) is 4.03. The predicted molar refractivity (Wildman–Crippen MR) is 109 cm³/mol. The lowest BCUT2D eigenvalue weighted by atomic mass is 9.74. The van der Waals surface area contributed by atoms with Crippen LogP contribution in [-0.2, 0) is 20.7 Å². The molecule has 0 saturated carbocycles. The average molecular weight is 386 g/mol. The van der Waals surface area contributed by atoms with Crippen LogP contribution in [0, 0.1) is 11.8 Å². The number of allylic oxidation sites excluding steroid dienone is 1. The maximum absolute atomic E-state index is 11.6. The van der Waals surface area contributed by atoms with Crippen LogP contribution in [0.15, 0.2) is 30.2 Å². The van der Waals surface area contributed by atoms with Crippen LogP contribution in [0.1, 0.15) is 40.4 Å². The molecule has 4 heterocycles. The second-order valence-electron chi connectivity index (χ2n) is 8.15. The van der Waals surface area contributed by atoms with E-state index in [9.17, 15) is 4.79 Å². The second kappa shape index (κ2) is 6.55. The first-order chi connectivity index (χ1) is 13.5. The number of esters is 1. The number of carbonyl (C=O) groups is 1. The van der Waals surface area contributed by atoms with Gasteiger partial charge in [0.2, 0.25) is 0 Å². The van der Waals surface area contributed by atoms with Gasteiger partial charge >= 0.3 is 5.97 Å². The van der Waals surface area contributed by atoms with Crippen LogP contribution in [0.2, 0.25) is 0 Å². The second-order valence-corrected chi connectivity index (χ2v) is 8.15. The summed E-state index contributed by atoms with van der Waals surface area (Å²) >= 11 is 0. The highest BCUT2D eigenvalue weighted by Crippen LogP contribution is 2.47. The number of nitrogens with zero attached hydrogens (tertiary/aromatic N) is 1. The van der Waals surface area contributed by atoms with Crippen molar-refractivity contribution in [3.05, 3.63) is 41.5 Å². The van der Waals surface area contributed by atoms with E-state index in [1.807, 2.05) is 6.07 Å². The third kappa shape index (κ3) is 2.70. The summed E-state index contributed by atoms with van der Waals surface area (Å²) in [5, 5.41) is 1.29. The van der Waals surface area contributed by atoms with Crippen LogP contribution in [0.4, 0.5) is 0 Å². The molecule has 1 fully saturated rings. The Morgan fingerprint density at radius 3 is 3.04 bits per heavy atom. The van der Waals surface area contributed by atoms with Crippen LogP contribution in [0.3, 0.4) is 0 Å². The van der Waals surface area contributed by atoms with Gasteiger partial charge in [-0.3, -0.25) is 9.69 Å². The molecule has 1 saturated heterocycles. The van der Waals surface area contributed by atoms with Crippen molar-refractivity contribution < 1.29 is 21.9 Å². The van der Waals surface area contributed by atoms with E-state index in [1.54, 1.807) is 13.4 Å². The van der Waals surface area contributed by atoms with Crippen molar-refractivity contribution in [2.45, 2.75) is 38.8 Å². The van der Waals surface area contributed by atoms with E-state index < -0.39 is 0 Å². The first kappa shape index (κ1) is 17.6. The number of ether oxygens (including phenoxy) is 3. The summed E-state index contributed by atoms with van der Waals surface area (Å²) in [6, 6.07) is 6.56. The lowest BCUT2D eigenvalue weighted by molar-refractivity contribution is -0.141. The van der Waals surface area contributed by atoms with Crippen molar-refractivity contribution in [2.24, 2.45) is 11.8 Å². The van der Waals surface area contributed by atoms with Gasteiger partial charge in [-0.2, -0.15) is 0 Å². The monoisotopic (exact) mass is 386 g/mol. The zero-order valence-electron chi connectivity index (χ0n) is 16.5. The number of fused-ring (bicyclic) bond motifs is 6. The van der Waals surface area contributed by atoms with Gasteiger partial charge in [0, 0.05) is 57.4 Å². The summed E-state index contributed by atoms with van der Waals surface area (Å²) < 4.78 is 16.7. The average Bonchev–Trinajstić information content (AvgIpc) is 3.07. The normalized spacial score (nSPS) is 29.2. The highest BCUT2D eigenvalue weighted by molar-refractivity contribution is 5.86. The first-order valence-corrected chi connectivity index (χ1v) is 10.0. The molecule has 2 aromatic rings. The molecule has 6 nitrogen and oxygen atoms in total. The molecule has 0 bridgehead atoms. The van der Waals surface area contributed by atoms with Gasteiger partial charge in [-0.25, -0.2) is 0 Å². The van der Waals surface area contributed by atoms with Gasteiger partial charge in [0.1, 0.15) is 17.8 Å². The first-order valence-electron chi connectivity index (χ1n) is 10.0. The van der Waals surface area contributed by atoms with E-state index in [0.717, 1.165) is 37.2 Å². The third-order valence-electron chi connectivity index (χ3n) is 6.64. The van der Waals surface area contributed by atoms with Crippen LogP contribution >= 0.6 is 0 Å². The number of benzene rings is 1. The number of rotatable bonds is 2. The van der Waals surface area contributed by atoms with Crippen molar-refractivity contribution in [1.82, 2.24) is 9.88 Å². The summed E-state index contributed by atoms with van der Waals surface area (Å²) in [4.78, 5) is 17.8. The van der Waals surface area contributed by atoms with Crippen molar-refractivity contribution >= 4 is 16.9 Å². The molecule has 0 radical (unpaired) electrons. The molecule has 1 aromatic carbocycles. The third-order valence-corrected chi connectivity index (χ3v) is 6.64. The SMILES string of the molecule is COc1ccc2c3c([nH]c2c1)C1CC2C(OC(C)=O)=CO[C@@H](C)[C@H]2CN1CC3.[HH].[HH]. The fourth-order valence-electron chi connectivity index (χ4n) is 5.26. The number of piperidine rings is 1. The van der Waals surface area contributed by atoms with E-state index in [1.165, 1.54) is 23.6 Å². The van der Waals surface area contributed by atoms with Crippen LogP contribution in [0.5, 0.6) is 5.75 Å². The van der Waals surface area contributed by atoms with Gasteiger partial charge in [0.25, 0.3) is 0 Å². The number of hydrogen-bond donors (Lipinski definition) is 1. The Morgan fingerprint density at radius 2 is 2.25 bits per heavy atom. The minimum Gasteiger partial charge on any atom is -0.497 e. The Hall–Kier alpha value is -2.47. The van der Waals surface area contributed by atoms with Gasteiger partial charge in [-0.15, -0.1) is 0 Å². The topological polar surface area (TPSA) is 63.8 Å². The number of carbonyl (C=O) groups excluding carboxylic acids is 1. The van der Waals surface area contributed by atoms with Gasteiger partial charge in [-0.1, -0.05) is 0 Å². The molecule has 0 spiro atoms. The van der Waals surface area contributed by atoms with Gasteiger partial charge in [0.15, 0.2) is 0 Å². The zero-order chi connectivity index (χ0) is 19.4. The zero-order valence-corrected chi connectivity index (χ0v) is 16.5. The molecule has 5 rings (SSSR count). The molecule has 1 aromatic heterocycles. The number of aromatic amines is 1. The quantitative estimate of drug-likeness (QED) is 0.790. The summed E-state index contributed by atoms with van der Waals surface area (Å²) in [6.45, 7) is 5.56. The number of methoxy groups -OCH3 is 1. The Labute approximate surface area is 167 Å². The van der Waals surface area contributed by atoms with E-state index in [2.05, 4.69) is 28.9 Å². The molecule has 28 heavy (non-hydrogen) atoms. The molecule has 1 N–H and O–H groups in total. The largest absolute Gasteiger partial charge is 0.497 e. The Morgan fingerprint density at radius 1 is 1.39 bits per heavy atom. The molecule has 3 aliphatic rings. The lowest BCUT2D eigenvalue weighted by Gasteiger charge is -2.49. The molecule has 6 heteroatoms. The van der Waals surface area contributed by atoms with Crippen LogP contribution < -0.4 is 4.74 Å². The highest BCUT2D eigenvalue weighted by atomic mass is 16.6. The summed E-state index contributed by atoms with van der Waals surface area (Å²) in [5.74, 6) is 1.79. The van der Waals surface area contributed by atoms with Gasteiger partial charge in [0.05, 0.1) is 19.3 Å². The summed E-state index contributed by atoms with van der Waals surface area (Å²) in [5.41, 5.74) is 3.84. The smallest absolute Gasteiger partial charge is 0.307 e. The van der Waals surface area contributed by atoms with Gasteiger partial charge in [-0.05, 0) is 37.5 Å². The number of nitrogens with one attached hydrogen (secondary N) is 1. The standard InChI is InChI=1S/C22H26N2O4.2H2/c1-12-18-10-24-7-6-16-15-5-4-14(26-3)8-19(15)23-22(16)20(24)9-17(18)21(11-27-12)28-13(2)25;;/h4-5,8,11-12,17-18,20,23H,6-7,9-10H2,1-3H3;2*1H/t12-,17?,18+,20?;;/m0../s1. The van der Waals surface area contributed by atoms with E-state index in [4.69, 9.17) is 14.2 Å².